The molecule has 0 atom stereocenters. The Kier molecular flexibility index (Phi) is 3.78. The van der Waals surface area contributed by atoms with Crippen molar-refractivity contribution in [1.82, 2.24) is 9.97 Å². The van der Waals surface area contributed by atoms with Crippen LogP contribution < -0.4 is 9.64 Å². The number of benzene rings is 1. The van der Waals surface area contributed by atoms with E-state index in [0.29, 0.717) is 5.92 Å². The van der Waals surface area contributed by atoms with Crippen LogP contribution in [0.25, 0.3) is 0 Å². The number of hydrogen-bond acceptors (Lipinski definition) is 4. The molecule has 1 aliphatic rings. The van der Waals surface area contributed by atoms with Crippen LogP contribution in [0, 0.1) is 0 Å². The predicted octanol–water partition coefficient (Wildman–Crippen LogP) is 3.17. The summed E-state index contributed by atoms with van der Waals surface area (Å²) in [4.78, 5) is 11.4. The molecule has 1 aromatic carbocycles. The molecule has 0 saturated carbocycles. The highest BCUT2D eigenvalue weighted by molar-refractivity contribution is 5.48. The highest BCUT2D eigenvalue weighted by Crippen LogP contribution is 2.29. The third-order valence-electron chi connectivity index (χ3n) is 3.94. The van der Waals surface area contributed by atoms with E-state index < -0.39 is 0 Å². The molecule has 0 aliphatic carbocycles. The largest absolute Gasteiger partial charge is 0.496 e. The molecular weight excluding hydrogens is 262 g/mol. The van der Waals surface area contributed by atoms with E-state index in [1.165, 1.54) is 11.1 Å². The van der Waals surface area contributed by atoms with Crippen molar-refractivity contribution in [3.05, 3.63) is 47.4 Å². The van der Waals surface area contributed by atoms with E-state index >= 15 is 0 Å². The fraction of sp³-hybridized carbons (Fsp3) is 0.412. The summed E-state index contributed by atoms with van der Waals surface area (Å²) in [5.74, 6) is 3.27. The molecule has 0 N–H and O–H groups in total. The van der Waals surface area contributed by atoms with Gasteiger partial charge in [-0.2, -0.15) is 0 Å². The van der Waals surface area contributed by atoms with E-state index in [0.717, 1.165) is 36.9 Å². The van der Waals surface area contributed by atoms with Gasteiger partial charge in [-0.3, -0.25) is 0 Å². The third-order valence-corrected chi connectivity index (χ3v) is 3.94. The second-order valence-corrected chi connectivity index (χ2v) is 5.70. The van der Waals surface area contributed by atoms with Gasteiger partial charge in [0.25, 0.3) is 0 Å². The average molecular weight is 283 g/mol. The Morgan fingerprint density at radius 1 is 1.24 bits per heavy atom. The minimum Gasteiger partial charge on any atom is -0.496 e. The molecule has 0 bridgehead atoms. The third kappa shape index (κ3) is 2.71. The van der Waals surface area contributed by atoms with Gasteiger partial charge in [0.05, 0.1) is 7.11 Å². The zero-order valence-electron chi connectivity index (χ0n) is 12.8. The van der Waals surface area contributed by atoms with E-state index in [-0.39, 0.29) is 0 Å². The summed E-state index contributed by atoms with van der Waals surface area (Å²) < 4.78 is 5.46. The molecular formula is C17H21N3O. The second kappa shape index (κ2) is 5.72. The number of ether oxygens (including phenoxy) is 1. The summed E-state index contributed by atoms with van der Waals surface area (Å²) in [6.45, 7) is 6.08. The van der Waals surface area contributed by atoms with Gasteiger partial charge in [0.15, 0.2) is 0 Å². The van der Waals surface area contributed by atoms with E-state index in [1.54, 1.807) is 7.11 Å². The van der Waals surface area contributed by atoms with Crippen LogP contribution in [0.5, 0.6) is 5.75 Å². The quantitative estimate of drug-likeness (QED) is 0.867. The minimum absolute atomic E-state index is 0.349. The normalized spacial score (nSPS) is 14.2. The number of hydrogen-bond donors (Lipinski definition) is 0. The van der Waals surface area contributed by atoms with E-state index in [9.17, 15) is 0 Å². The Morgan fingerprint density at radius 3 is 2.86 bits per heavy atom. The molecule has 21 heavy (non-hydrogen) atoms. The number of rotatable bonds is 3. The zero-order valence-corrected chi connectivity index (χ0v) is 12.8. The van der Waals surface area contributed by atoms with Crippen molar-refractivity contribution in [3.63, 3.8) is 0 Å². The SMILES string of the molecule is COc1cccc2c1CCN(c1ccnc(C(C)C)n1)C2. The molecule has 0 amide bonds. The predicted molar refractivity (Wildman–Crippen MR) is 83.9 cm³/mol. The van der Waals surface area contributed by atoms with Crippen LogP contribution in [-0.2, 0) is 13.0 Å². The Labute approximate surface area is 125 Å². The molecule has 4 heteroatoms. The summed E-state index contributed by atoms with van der Waals surface area (Å²) in [6.07, 6.45) is 2.85. The fourth-order valence-electron chi connectivity index (χ4n) is 2.78. The van der Waals surface area contributed by atoms with Crippen LogP contribution in [0.1, 0.15) is 36.7 Å². The maximum absolute atomic E-state index is 5.46. The first-order valence-corrected chi connectivity index (χ1v) is 7.41. The lowest BCUT2D eigenvalue weighted by atomic mass is 9.98. The van der Waals surface area contributed by atoms with E-state index in [2.05, 4.69) is 35.9 Å². The second-order valence-electron chi connectivity index (χ2n) is 5.70. The molecule has 4 nitrogen and oxygen atoms in total. The Hall–Kier alpha value is -2.10. The Balaban J connectivity index is 1.88. The monoisotopic (exact) mass is 283 g/mol. The summed E-state index contributed by atoms with van der Waals surface area (Å²) in [7, 11) is 1.74. The molecule has 0 radical (unpaired) electrons. The van der Waals surface area contributed by atoms with Crippen molar-refractivity contribution in [2.45, 2.75) is 32.7 Å². The van der Waals surface area contributed by atoms with Crippen LogP contribution in [0.4, 0.5) is 5.82 Å². The number of fused-ring (bicyclic) bond motifs is 1. The summed E-state index contributed by atoms with van der Waals surface area (Å²) in [6, 6.07) is 8.27. The molecule has 2 aromatic rings. The highest BCUT2D eigenvalue weighted by atomic mass is 16.5. The summed E-state index contributed by atoms with van der Waals surface area (Å²) in [5, 5.41) is 0. The maximum atomic E-state index is 5.46. The summed E-state index contributed by atoms with van der Waals surface area (Å²) >= 11 is 0. The molecule has 0 fully saturated rings. The van der Waals surface area contributed by atoms with Crippen molar-refractivity contribution in [1.29, 1.82) is 0 Å². The van der Waals surface area contributed by atoms with Gasteiger partial charge in [0.2, 0.25) is 0 Å². The number of methoxy groups -OCH3 is 1. The first kappa shape index (κ1) is 13.9. The van der Waals surface area contributed by atoms with Crippen molar-refractivity contribution in [2.75, 3.05) is 18.6 Å². The van der Waals surface area contributed by atoms with E-state index in [4.69, 9.17) is 9.72 Å². The lowest BCUT2D eigenvalue weighted by molar-refractivity contribution is 0.407. The molecule has 0 saturated heterocycles. The van der Waals surface area contributed by atoms with Gasteiger partial charge in [-0.1, -0.05) is 26.0 Å². The van der Waals surface area contributed by atoms with Crippen LogP contribution in [0.3, 0.4) is 0 Å². The van der Waals surface area contributed by atoms with Crippen LogP contribution in [-0.4, -0.2) is 23.6 Å². The first-order valence-electron chi connectivity index (χ1n) is 7.41. The molecule has 1 aromatic heterocycles. The summed E-state index contributed by atoms with van der Waals surface area (Å²) in [5.41, 5.74) is 2.65. The van der Waals surface area contributed by atoms with Gasteiger partial charge < -0.3 is 9.64 Å². The lowest BCUT2D eigenvalue weighted by Crippen LogP contribution is -2.31. The molecule has 1 aliphatic heterocycles. The van der Waals surface area contributed by atoms with Crippen LogP contribution in [0.15, 0.2) is 30.5 Å². The standard InChI is InChI=1S/C17H21N3O/c1-12(2)17-18-9-7-16(19-17)20-10-8-14-13(11-20)5-4-6-15(14)21-3/h4-7,9,12H,8,10-11H2,1-3H3. The van der Waals surface area contributed by atoms with Gasteiger partial charge >= 0.3 is 0 Å². The van der Waals surface area contributed by atoms with Gasteiger partial charge in [0, 0.05) is 30.8 Å². The minimum atomic E-state index is 0.349. The molecule has 2 heterocycles. The fourth-order valence-corrected chi connectivity index (χ4v) is 2.78. The Bertz CT molecular complexity index is 640. The Morgan fingerprint density at radius 2 is 2.10 bits per heavy atom. The average Bonchev–Trinajstić information content (AvgIpc) is 2.53. The molecule has 0 spiro atoms. The number of nitrogens with zero attached hydrogens (tertiary/aromatic N) is 3. The van der Waals surface area contributed by atoms with Gasteiger partial charge in [0.1, 0.15) is 17.4 Å². The van der Waals surface area contributed by atoms with Crippen LogP contribution in [0.2, 0.25) is 0 Å². The van der Waals surface area contributed by atoms with Crippen molar-refractivity contribution in [2.24, 2.45) is 0 Å². The highest BCUT2D eigenvalue weighted by Gasteiger charge is 2.20. The molecule has 110 valence electrons. The van der Waals surface area contributed by atoms with Gasteiger partial charge in [-0.15, -0.1) is 0 Å². The van der Waals surface area contributed by atoms with Crippen LogP contribution >= 0.6 is 0 Å². The van der Waals surface area contributed by atoms with Gasteiger partial charge in [-0.25, -0.2) is 9.97 Å². The van der Waals surface area contributed by atoms with Crippen molar-refractivity contribution < 1.29 is 4.74 Å². The lowest BCUT2D eigenvalue weighted by Gasteiger charge is -2.30. The molecule has 3 rings (SSSR count). The zero-order chi connectivity index (χ0) is 14.8. The topological polar surface area (TPSA) is 38.2 Å². The van der Waals surface area contributed by atoms with Crippen molar-refractivity contribution >= 4 is 5.82 Å². The number of anilines is 1. The molecule has 0 unspecified atom stereocenters. The number of aromatic nitrogens is 2. The maximum Gasteiger partial charge on any atom is 0.133 e. The van der Waals surface area contributed by atoms with Crippen molar-refractivity contribution in [3.8, 4) is 5.75 Å². The van der Waals surface area contributed by atoms with Gasteiger partial charge in [-0.05, 0) is 24.1 Å². The smallest absolute Gasteiger partial charge is 0.133 e. The van der Waals surface area contributed by atoms with E-state index in [1.807, 2.05) is 18.3 Å². The first-order chi connectivity index (χ1) is 10.2.